The quantitative estimate of drug-likeness (QED) is 0.0309. The van der Waals surface area contributed by atoms with Gasteiger partial charge in [0.05, 0.1) is 74.6 Å². The van der Waals surface area contributed by atoms with Crippen LogP contribution in [-0.2, 0) is 33.2 Å². The number of carbonyl (C=O) groups is 1. The maximum absolute atomic E-state index is 12.4. The summed E-state index contributed by atoms with van der Waals surface area (Å²) in [5, 5.41) is 0. The lowest BCUT2D eigenvalue weighted by atomic mass is 9.73. The van der Waals surface area contributed by atoms with Gasteiger partial charge in [-0.25, -0.2) is 4.79 Å². The summed E-state index contributed by atoms with van der Waals surface area (Å²) in [5.41, 5.74) is -1.56. The fraction of sp³-hybridized carbons (Fsp3) is 0.661. The first-order valence-electron chi connectivity index (χ1n) is 27.0. The number of para-hydroxylation sites is 2. The lowest BCUT2D eigenvalue weighted by molar-refractivity contribution is -0.162. The Kier molecular flexibility index (Phi) is 26.9. The highest BCUT2D eigenvalue weighted by atomic mass is 16.6. The highest BCUT2D eigenvalue weighted by Crippen LogP contribution is 2.40. The molecule has 412 valence electrons. The highest BCUT2D eigenvalue weighted by Gasteiger charge is 2.40. The molecule has 0 fully saturated rings. The molecule has 3 aromatic rings. The Labute approximate surface area is 442 Å². The third kappa shape index (κ3) is 24.0. The zero-order chi connectivity index (χ0) is 54.1. The van der Waals surface area contributed by atoms with E-state index in [-0.39, 0.29) is 40.7 Å². The Hall–Kier alpha value is -4.13. The van der Waals surface area contributed by atoms with Gasteiger partial charge in [0.2, 0.25) is 0 Å². The molecule has 5 unspecified atom stereocenters. The Morgan fingerprint density at radius 3 is 1.60 bits per heavy atom. The number of hydrogen-bond acceptors (Lipinski definition) is 11. The van der Waals surface area contributed by atoms with Gasteiger partial charge in [0.25, 0.3) is 0 Å². The van der Waals surface area contributed by atoms with Gasteiger partial charge < -0.3 is 47.4 Å². The molecule has 0 aliphatic carbocycles. The Morgan fingerprint density at radius 1 is 0.534 bits per heavy atom. The maximum Gasteiger partial charge on any atom is 0.333 e. The Bertz CT molecular complexity index is 1960. The predicted molar refractivity (Wildman–Crippen MR) is 295 cm³/mol. The monoisotopic (exact) mass is 1020 g/mol. The highest BCUT2D eigenvalue weighted by molar-refractivity contribution is 5.87. The second kappa shape index (κ2) is 31.0. The van der Waals surface area contributed by atoms with Crippen molar-refractivity contribution in [2.45, 2.75) is 183 Å². The molecule has 0 heterocycles. The van der Waals surface area contributed by atoms with Crippen molar-refractivity contribution in [2.24, 2.45) is 23.2 Å². The van der Waals surface area contributed by atoms with E-state index >= 15 is 0 Å². The van der Waals surface area contributed by atoms with Gasteiger partial charge in [-0.1, -0.05) is 76.6 Å². The third-order valence-corrected chi connectivity index (χ3v) is 15.0. The van der Waals surface area contributed by atoms with E-state index in [1.807, 2.05) is 98.8 Å². The van der Waals surface area contributed by atoms with Gasteiger partial charge in [0, 0.05) is 44.7 Å². The number of ether oxygens (including phenoxy) is 10. The molecule has 5 atom stereocenters. The van der Waals surface area contributed by atoms with Crippen molar-refractivity contribution in [2.75, 3.05) is 60.0 Å². The lowest BCUT2D eigenvalue weighted by Crippen LogP contribution is -2.46. The molecule has 0 saturated carbocycles. The summed E-state index contributed by atoms with van der Waals surface area (Å²) < 4.78 is 61.7. The number of carbonyl (C=O) groups excluding carboxylic acids is 1. The normalized spacial score (nSPS) is 14.7. The first-order chi connectivity index (χ1) is 34.4. The average Bonchev–Trinajstić information content (AvgIpc) is 3.34. The summed E-state index contributed by atoms with van der Waals surface area (Å²) in [5.74, 6) is 3.03. The van der Waals surface area contributed by atoms with Crippen molar-refractivity contribution in [1.82, 2.24) is 0 Å². The van der Waals surface area contributed by atoms with Crippen LogP contribution in [0.1, 0.15) is 148 Å². The standard InChI is InChI=1S/C62H98O11/c1-47(2)57(63)73-61(12,13)51(44-69-53-28-19-17-20-29-53)43-68-50(5)48(3)27-23-25-39-65-49(4)36-41-66-55-32-34-56(35-33-55)67-42-38-59(8,9)71-40-26-24-37-58(6,7)62(14,15)72-46-52(60(10,11)64-16)45-70-54-30-21-18-22-31-54/h17-22,28-35,48-52H,1,23-27,36-46H2,2-16H3. The summed E-state index contributed by atoms with van der Waals surface area (Å²) in [6.45, 7) is 37.4. The van der Waals surface area contributed by atoms with Crippen LogP contribution in [0, 0.1) is 23.2 Å². The predicted octanol–water partition coefficient (Wildman–Crippen LogP) is 14.3. The van der Waals surface area contributed by atoms with Crippen molar-refractivity contribution in [3.8, 4) is 23.0 Å². The van der Waals surface area contributed by atoms with E-state index < -0.39 is 17.2 Å². The first kappa shape index (κ1) is 63.2. The molecule has 3 aromatic carbocycles. The SMILES string of the molecule is C=C(C)C(=O)OC(C)(C)C(COc1ccccc1)COC(C)C(C)CCCCOC(C)CCOc1ccc(OCCC(C)(C)OCCCCC(C)(C)C(C)(C)OCC(COc2ccccc2)C(C)(C)OC)cc1. The number of rotatable bonds is 39. The van der Waals surface area contributed by atoms with Gasteiger partial charge in [-0.15, -0.1) is 0 Å². The van der Waals surface area contributed by atoms with Crippen LogP contribution in [0.4, 0.5) is 0 Å². The molecule has 0 aromatic heterocycles. The average molecular weight is 1020 g/mol. The van der Waals surface area contributed by atoms with E-state index in [0.717, 1.165) is 74.4 Å². The topological polar surface area (TPSA) is 109 Å². The minimum atomic E-state index is -0.812. The molecule has 11 nitrogen and oxygen atoms in total. The molecule has 3 rings (SSSR count). The number of benzene rings is 3. The van der Waals surface area contributed by atoms with E-state index in [1.54, 1.807) is 14.0 Å². The van der Waals surface area contributed by atoms with Crippen molar-refractivity contribution in [3.63, 3.8) is 0 Å². The summed E-state index contributed by atoms with van der Waals surface area (Å²) >= 11 is 0. The lowest BCUT2D eigenvalue weighted by Gasteiger charge is -2.44. The molecule has 0 N–H and O–H groups in total. The van der Waals surface area contributed by atoms with Crippen LogP contribution in [0.15, 0.2) is 97.1 Å². The van der Waals surface area contributed by atoms with E-state index in [2.05, 4.69) is 82.7 Å². The smallest absolute Gasteiger partial charge is 0.333 e. The second-order valence-electron chi connectivity index (χ2n) is 22.9. The van der Waals surface area contributed by atoms with E-state index in [0.29, 0.717) is 64.3 Å². The minimum Gasteiger partial charge on any atom is -0.493 e. The van der Waals surface area contributed by atoms with Gasteiger partial charge in [-0.2, -0.15) is 0 Å². The minimum absolute atomic E-state index is 0.0227. The molecule has 0 aliphatic rings. The zero-order valence-electron chi connectivity index (χ0n) is 48.0. The molecule has 0 spiro atoms. The summed E-state index contributed by atoms with van der Waals surface area (Å²) in [7, 11) is 1.75. The van der Waals surface area contributed by atoms with Crippen molar-refractivity contribution >= 4 is 5.97 Å². The molecule has 0 amide bonds. The van der Waals surface area contributed by atoms with Gasteiger partial charge in [0.1, 0.15) is 28.6 Å². The van der Waals surface area contributed by atoms with Crippen LogP contribution in [0.2, 0.25) is 0 Å². The molecule has 73 heavy (non-hydrogen) atoms. The second-order valence-corrected chi connectivity index (χ2v) is 22.9. The van der Waals surface area contributed by atoms with Crippen LogP contribution in [0.25, 0.3) is 0 Å². The zero-order valence-corrected chi connectivity index (χ0v) is 48.0. The van der Waals surface area contributed by atoms with Crippen LogP contribution in [0.3, 0.4) is 0 Å². The summed E-state index contributed by atoms with van der Waals surface area (Å²) in [6, 6.07) is 27.4. The maximum atomic E-state index is 12.4. The van der Waals surface area contributed by atoms with Crippen molar-refractivity contribution in [1.29, 1.82) is 0 Å². The first-order valence-corrected chi connectivity index (χ1v) is 27.0. The van der Waals surface area contributed by atoms with E-state index in [1.165, 1.54) is 0 Å². The molecule has 0 aliphatic heterocycles. The van der Waals surface area contributed by atoms with Crippen molar-refractivity contribution < 1.29 is 52.2 Å². The van der Waals surface area contributed by atoms with Crippen LogP contribution >= 0.6 is 0 Å². The summed E-state index contributed by atoms with van der Waals surface area (Å²) in [6.07, 6.45) is 7.76. The van der Waals surface area contributed by atoms with Gasteiger partial charge in [0.15, 0.2) is 0 Å². The van der Waals surface area contributed by atoms with E-state index in [4.69, 9.17) is 47.4 Å². The number of hydrogen-bond donors (Lipinski definition) is 0. The molecule has 11 heteroatoms. The van der Waals surface area contributed by atoms with Crippen molar-refractivity contribution in [3.05, 3.63) is 97.1 Å². The third-order valence-electron chi connectivity index (χ3n) is 15.0. The fourth-order valence-corrected chi connectivity index (χ4v) is 7.79. The van der Waals surface area contributed by atoms with Crippen LogP contribution < -0.4 is 18.9 Å². The molecule has 0 saturated heterocycles. The number of methoxy groups -OCH3 is 1. The Morgan fingerprint density at radius 2 is 1.05 bits per heavy atom. The number of unbranched alkanes of at least 4 members (excludes halogenated alkanes) is 2. The van der Waals surface area contributed by atoms with Gasteiger partial charge in [-0.05, 0) is 162 Å². The van der Waals surface area contributed by atoms with Gasteiger partial charge in [-0.3, -0.25) is 0 Å². The van der Waals surface area contributed by atoms with Crippen LogP contribution in [0.5, 0.6) is 23.0 Å². The van der Waals surface area contributed by atoms with Gasteiger partial charge >= 0.3 is 5.97 Å². The molecule has 0 bridgehead atoms. The number of esters is 1. The summed E-state index contributed by atoms with van der Waals surface area (Å²) in [4.78, 5) is 12.4. The van der Waals surface area contributed by atoms with Crippen LogP contribution in [-0.4, -0.2) is 101 Å². The molecular formula is C62H98O11. The molecular weight excluding hydrogens is 921 g/mol. The Balaban J connectivity index is 1.27. The van der Waals surface area contributed by atoms with E-state index in [9.17, 15) is 4.79 Å². The largest absolute Gasteiger partial charge is 0.493 e. The molecule has 0 radical (unpaired) electrons. The fourth-order valence-electron chi connectivity index (χ4n) is 7.79.